The van der Waals surface area contributed by atoms with Crippen molar-refractivity contribution in [3.05, 3.63) is 29.8 Å². The van der Waals surface area contributed by atoms with Gasteiger partial charge in [0.25, 0.3) is 0 Å². The summed E-state index contributed by atoms with van der Waals surface area (Å²) in [6.45, 7) is 7.33. The average Bonchev–Trinajstić information content (AvgIpc) is 2.72. The fraction of sp³-hybridized carbons (Fsp3) is 0.632. The Morgan fingerprint density at radius 3 is 2.45 bits per heavy atom. The molecule has 2 fully saturated rings. The van der Waals surface area contributed by atoms with Crippen LogP contribution in [0.15, 0.2) is 29.3 Å². The van der Waals surface area contributed by atoms with Crippen LogP contribution in [0, 0.1) is 6.92 Å². The minimum Gasteiger partial charge on any atom is -0.368 e. The first kappa shape index (κ1) is 24.5. The van der Waals surface area contributed by atoms with E-state index in [1.54, 1.807) is 11.4 Å². The molecule has 0 aromatic heterocycles. The van der Waals surface area contributed by atoms with E-state index in [0.717, 1.165) is 43.6 Å². The van der Waals surface area contributed by atoms with Gasteiger partial charge in [-0.25, -0.2) is 12.7 Å². The molecule has 2 aliphatic rings. The van der Waals surface area contributed by atoms with Crippen LogP contribution in [-0.2, 0) is 10.0 Å². The number of hydrogen-bond donors (Lipinski definition) is 1. The van der Waals surface area contributed by atoms with Crippen LogP contribution in [0.1, 0.15) is 5.56 Å². The largest absolute Gasteiger partial charge is 0.368 e. The van der Waals surface area contributed by atoms with Crippen molar-refractivity contribution in [1.82, 2.24) is 14.5 Å². The first-order valence-electron chi connectivity index (χ1n) is 9.82. The fourth-order valence-corrected chi connectivity index (χ4v) is 6.07. The Morgan fingerprint density at radius 2 is 1.83 bits per heavy atom. The first-order valence-corrected chi connectivity index (χ1v) is 12.6. The molecule has 2 saturated heterocycles. The van der Waals surface area contributed by atoms with Crippen LogP contribution in [0.3, 0.4) is 0 Å². The third-order valence-corrected chi connectivity index (χ3v) is 7.98. The number of thioether (sulfide) groups is 1. The maximum Gasteiger partial charge on any atom is 0.215 e. The SMILES string of the molecule is CN=C(NCCS(=O)(=O)N1CCSCC1)N1CCN(c2cccc(C)c2)CC1.I. The minimum atomic E-state index is -3.19. The Kier molecular flexibility index (Phi) is 9.83. The smallest absolute Gasteiger partial charge is 0.215 e. The van der Waals surface area contributed by atoms with E-state index in [2.05, 4.69) is 51.3 Å². The molecule has 0 aliphatic carbocycles. The summed E-state index contributed by atoms with van der Waals surface area (Å²) in [7, 11) is -1.44. The number of nitrogens with one attached hydrogen (secondary N) is 1. The van der Waals surface area contributed by atoms with Gasteiger partial charge in [-0.1, -0.05) is 12.1 Å². The number of rotatable bonds is 5. The molecule has 0 atom stereocenters. The van der Waals surface area contributed by atoms with Crippen molar-refractivity contribution in [1.29, 1.82) is 0 Å². The molecule has 0 saturated carbocycles. The van der Waals surface area contributed by atoms with Gasteiger partial charge in [-0.3, -0.25) is 4.99 Å². The van der Waals surface area contributed by atoms with Crippen molar-refractivity contribution in [2.24, 2.45) is 4.99 Å². The molecule has 1 N–H and O–H groups in total. The van der Waals surface area contributed by atoms with Gasteiger partial charge in [0.1, 0.15) is 0 Å². The van der Waals surface area contributed by atoms with Crippen molar-refractivity contribution < 1.29 is 8.42 Å². The third-order valence-electron chi connectivity index (χ3n) is 5.16. The van der Waals surface area contributed by atoms with Crippen LogP contribution < -0.4 is 10.2 Å². The molecule has 1 aromatic rings. The van der Waals surface area contributed by atoms with Gasteiger partial charge in [0.05, 0.1) is 5.75 Å². The summed E-state index contributed by atoms with van der Waals surface area (Å²) in [5, 5.41) is 3.24. The number of halogens is 1. The number of sulfonamides is 1. The van der Waals surface area contributed by atoms with E-state index in [1.807, 2.05) is 11.8 Å². The number of benzene rings is 1. The molecule has 10 heteroatoms. The summed E-state index contributed by atoms with van der Waals surface area (Å²) in [6, 6.07) is 8.58. The van der Waals surface area contributed by atoms with E-state index in [0.29, 0.717) is 19.6 Å². The number of hydrogen-bond acceptors (Lipinski definition) is 5. The molecule has 29 heavy (non-hydrogen) atoms. The molecular formula is C19H32IN5O2S2. The number of nitrogens with zero attached hydrogens (tertiary/aromatic N) is 4. The molecule has 0 spiro atoms. The molecule has 0 amide bonds. The summed E-state index contributed by atoms with van der Waals surface area (Å²) in [5.41, 5.74) is 2.53. The number of piperazine rings is 1. The van der Waals surface area contributed by atoms with E-state index >= 15 is 0 Å². The molecule has 2 heterocycles. The van der Waals surface area contributed by atoms with Gasteiger partial charge < -0.3 is 15.1 Å². The molecule has 0 radical (unpaired) electrons. The highest BCUT2D eigenvalue weighted by Gasteiger charge is 2.24. The van der Waals surface area contributed by atoms with Gasteiger partial charge in [0.2, 0.25) is 10.0 Å². The zero-order valence-electron chi connectivity index (χ0n) is 17.2. The second kappa shape index (κ2) is 11.6. The van der Waals surface area contributed by atoms with E-state index in [-0.39, 0.29) is 29.7 Å². The Hall–Kier alpha value is -0.720. The topological polar surface area (TPSA) is 68.2 Å². The van der Waals surface area contributed by atoms with Gasteiger partial charge >= 0.3 is 0 Å². The van der Waals surface area contributed by atoms with Crippen molar-refractivity contribution >= 4 is 57.4 Å². The summed E-state index contributed by atoms with van der Waals surface area (Å²) in [4.78, 5) is 8.95. The van der Waals surface area contributed by atoms with E-state index in [4.69, 9.17) is 0 Å². The zero-order chi connectivity index (χ0) is 20.0. The van der Waals surface area contributed by atoms with Crippen LogP contribution in [0.5, 0.6) is 0 Å². The summed E-state index contributed by atoms with van der Waals surface area (Å²) in [6.07, 6.45) is 0. The maximum atomic E-state index is 12.5. The van der Waals surface area contributed by atoms with Gasteiger partial charge in [-0.15, -0.1) is 24.0 Å². The second-order valence-electron chi connectivity index (χ2n) is 7.11. The van der Waals surface area contributed by atoms with Crippen LogP contribution >= 0.6 is 35.7 Å². The van der Waals surface area contributed by atoms with Gasteiger partial charge in [-0.2, -0.15) is 11.8 Å². The molecule has 7 nitrogen and oxygen atoms in total. The predicted octanol–water partition coefficient (Wildman–Crippen LogP) is 1.69. The van der Waals surface area contributed by atoms with Crippen LogP contribution in [0.25, 0.3) is 0 Å². The van der Waals surface area contributed by atoms with Crippen LogP contribution in [-0.4, -0.2) is 93.7 Å². The summed E-state index contributed by atoms with van der Waals surface area (Å²) >= 11 is 1.81. The van der Waals surface area contributed by atoms with E-state index in [9.17, 15) is 8.42 Å². The average molecular weight is 554 g/mol. The zero-order valence-corrected chi connectivity index (χ0v) is 21.2. The molecule has 0 unspecified atom stereocenters. The van der Waals surface area contributed by atoms with Crippen molar-refractivity contribution in [3.8, 4) is 0 Å². The lowest BCUT2D eigenvalue weighted by Crippen LogP contribution is -2.53. The molecular weight excluding hydrogens is 521 g/mol. The normalized spacial score (nSPS) is 19.0. The summed E-state index contributed by atoms with van der Waals surface area (Å²) in [5.74, 6) is 2.67. The Labute approximate surface area is 196 Å². The van der Waals surface area contributed by atoms with Crippen molar-refractivity contribution in [2.45, 2.75) is 6.92 Å². The van der Waals surface area contributed by atoms with Gasteiger partial charge in [0, 0.05) is 70.1 Å². The predicted molar refractivity (Wildman–Crippen MR) is 134 cm³/mol. The highest BCUT2D eigenvalue weighted by atomic mass is 127. The lowest BCUT2D eigenvalue weighted by Gasteiger charge is -2.37. The Bertz CT molecular complexity index is 777. The maximum absolute atomic E-state index is 12.5. The second-order valence-corrected chi connectivity index (χ2v) is 10.4. The van der Waals surface area contributed by atoms with Crippen molar-refractivity contribution in [3.63, 3.8) is 0 Å². The molecule has 164 valence electrons. The lowest BCUT2D eigenvalue weighted by atomic mass is 10.2. The number of aliphatic imine (C=N–C) groups is 1. The van der Waals surface area contributed by atoms with Crippen LogP contribution in [0.2, 0.25) is 0 Å². The van der Waals surface area contributed by atoms with Gasteiger partial charge in [-0.05, 0) is 24.6 Å². The first-order chi connectivity index (χ1) is 13.5. The minimum absolute atomic E-state index is 0. The Balaban J connectivity index is 0.00000300. The van der Waals surface area contributed by atoms with E-state index in [1.165, 1.54) is 11.3 Å². The molecule has 2 aliphatic heterocycles. The quantitative estimate of drug-likeness (QED) is 0.340. The third kappa shape index (κ3) is 6.90. The standard InChI is InChI=1S/C19H31N5O2S2.HI/c1-17-4-3-5-18(16-17)22-7-9-23(10-8-22)19(20-2)21-6-15-28(25,26)24-11-13-27-14-12-24;/h3-5,16H,6-15H2,1-2H3,(H,20,21);1H. The van der Waals surface area contributed by atoms with Crippen LogP contribution in [0.4, 0.5) is 5.69 Å². The number of guanidine groups is 1. The Morgan fingerprint density at radius 1 is 1.14 bits per heavy atom. The van der Waals surface area contributed by atoms with Gasteiger partial charge in [0.15, 0.2) is 5.96 Å². The fourth-order valence-electron chi connectivity index (χ4n) is 3.58. The lowest BCUT2D eigenvalue weighted by molar-refractivity contribution is 0.373. The highest BCUT2D eigenvalue weighted by Crippen LogP contribution is 2.18. The van der Waals surface area contributed by atoms with E-state index < -0.39 is 10.0 Å². The highest BCUT2D eigenvalue weighted by molar-refractivity contribution is 14.0. The number of anilines is 1. The molecule has 3 rings (SSSR count). The molecule has 0 bridgehead atoms. The number of aryl methyl sites for hydroxylation is 1. The monoisotopic (exact) mass is 553 g/mol. The summed E-state index contributed by atoms with van der Waals surface area (Å²) < 4.78 is 26.6. The van der Waals surface area contributed by atoms with Crippen molar-refractivity contribution in [2.75, 3.05) is 75.0 Å². The molecule has 1 aromatic carbocycles.